The minimum absolute atomic E-state index is 0.313. The Labute approximate surface area is 119 Å². The first kappa shape index (κ1) is 12.6. The molecule has 3 aromatic heterocycles. The Balaban J connectivity index is 2.39. The van der Waals surface area contributed by atoms with Crippen molar-refractivity contribution in [1.82, 2.24) is 19.7 Å². The predicted octanol–water partition coefficient (Wildman–Crippen LogP) is 2.26. The smallest absolute Gasteiger partial charge is 0.168 e. The minimum atomic E-state index is 0.313. The Kier molecular flexibility index (Phi) is 2.69. The number of anilines is 1. The average Bonchev–Trinajstić information content (AvgIpc) is 2.87. The van der Waals surface area contributed by atoms with Crippen LogP contribution in [0.15, 0.2) is 6.33 Å². The van der Waals surface area contributed by atoms with Crippen LogP contribution in [0.2, 0.25) is 0 Å². The SMILES string of the molecule is Cc1nn(-c2ncnc3sc(C)c(C)c23)c(N)c1C#N. The number of nitrogens with zero attached hydrogens (tertiary/aromatic N) is 5. The Hall–Kier alpha value is -2.46. The van der Waals surface area contributed by atoms with Crippen molar-refractivity contribution < 1.29 is 0 Å². The van der Waals surface area contributed by atoms with Gasteiger partial charge < -0.3 is 5.73 Å². The van der Waals surface area contributed by atoms with E-state index in [1.54, 1.807) is 18.3 Å². The van der Waals surface area contributed by atoms with E-state index in [4.69, 9.17) is 11.0 Å². The molecule has 20 heavy (non-hydrogen) atoms. The molecule has 0 atom stereocenters. The zero-order valence-electron chi connectivity index (χ0n) is 11.3. The van der Waals surface area contributed by atoms with Gasteiger partial charge in [0.2, 0.25) is 0 Å². The molecule has 0 fully saturated rings. The van der Waals surface area contributed by atoms with Gasteiger partial charge in [0.15, 0.2) is 5.82 Å². The lowest BCUT2D eigenvalue weighted by Gasteiger charge is -2.05. The number of hydrogen-bond donors (Lipinski definition) is 1. The lowest BCUT2D eigenvalue weighted by molar-refractivity contribution is 0.845. The summed E-state index contributed by atoms with van der Waals surface area (Å²) in [7, 11) is 0. The molecule has 0 radical (unpaired) electrons. The highest BCUT2D eigenvalue weighted by Gasteiger charge is 2.19. The lowest BCUT2D eigenvalue weighted by Crippen LogP contribution is -2.05. The first-order chi connectivity index (χ1) is 9.54. The van der Waals surface area contributed by atoms with E-state index >= 15 is 0 Å². The first-order valence-corrected chi connectivity index (χ1v) is 6.82. The van der Waals surface area contributed by atoms with E-state index in [1.807, 2.05) is 13.8 Å². The van der Waals surface area contributed by atoms with Crippen molar-refractivity contribution in [2.24, 2.45) is 0 Å². The van der Waals surface area contributed by atoms with Crippen LogP contribution < -0.4 is 5.73 Å². The lowest BCUT2D eigenvalue weighted by atomic mass is 10.2. The number of nitriles is 1. The van der Waals surface area contributed by atoms with Crippen LogP contribution in [-0.4, -0.2) is 19.7 Å². The summed E-state index contributed by atoms with van der Waals surface area (Å²) < 4.78 is 1.52. The second-order valence-corrected chi connectivity index (χ2v) is 5.73. The summed E-state index contributed by atoms with van der Waals surface area (Å²) in [4.78, 5) is 10.7. The van der Waals surface area contributed by atoms with Crippen LogP contribution in [0, 0.1) is 32.1 Å². The second-order valence-electron chi connectivity index (χ2n) is 4.53. The largest absolute Gasteiger partial charge is 0.382 e. The number of nitrogen functional groups attached to an aromatic ring is 1. The Morgan fingerprint density at radius 3 is 2.70 bits per heavy atom. The number of rotatable bonds is 1. The third kappa shape index (κ3) is 1.58. The van der Waals surface area contributed by atoms with Crippen molar-refractivity contribution in [2.45, 2.75) is 20.8 Å². The van der Waals surface area contributed by atoms with Gasteiger partial charge in [0.25, 0.3) is 0 Å². The van der Waals surface area contributed by atoms with Crippen LogP contribution in [0.3, 0.4) is 0 Å². The Morgan fingerprint density at radius 1 is 1.30 bits per heavy atom. The molecule has 3 rings (SSSR count). The summed E-state index contributed by atoms with van der Waals surface area (Å²) in [5.74, 6) is 0.937. The fourth-order valence-electron chi connectivity index (χ4n) is 2.17. The van der Waals surface area contributed by atoms with Crippen LogP contribution >= 0.6 is 11.3 Å². The van der Waals surface area contributed by atoms with Gasteiger partial charge >= 0.3 is 0 Å². The molecule has 3 heterocycles. The average molecular weight is 284 g/mol. The number of thiophene rings is 1. The highest BCUT2D eigenvalue weighted by atomic mass is 32.1. The van der Waals surface area contributed by atoms with Crippen LogP contribution in [0.5, 0.6) is 0 Å². The molecule has 0 spiro atoms. The zero-order chi connectivity index (χ0) is 14.4. The molecular weight excluding hydrogens is 272 g/mol. The minimum Gasteiger partial charge on any atom is -0.382 e. The number of hydrogen-bond acceptors (Lipinski definition) is 6. The summed E-state index contributed by atoms with van der Waals surface area (Å²) in [6, 6.07) is 2.07. The van der Waals surface area contributed by atoms with Crippen molar-refractivity contribution in [3.8, 4) is 11.9 Å². The predicted molar refractivity (Wildman–Crippen MR) is 77.9 cm³/mol. The van der Waals surface area contributed by atoms with E-state index in [1.165, 1.54) is 15.9 Å². The molecule has 3 aromatic rings. The topological polar surface area (TPSA) is 93.4 Å². The number of aryl methyl sites for hydroxylation is 3. The van der Waals surface area contributed by atoms with Gasteiger partial charge in [-0.3, -0.25) is 0 Å². The Bertz CT molecular complexity index is 867. The molecule has 0 unspecified atom stereocenters. The maximum absolute atomic E-state index is 9.12. The van der Waals surface area contributed by atoms with Crippen molar-refractivity contribution in [3.05, 3.63) is 28.0 Å². The summed E-state index contributed by atoms with van der Waals surface area (Å²) in [5.41, 5.74) is 8.12. The fourth-order valence-corrected chi connectivity index (χ4v) is 3.16. The number of nitrogens with two attached hydrogens (primary N) is 1. The molecule has 100 valence electrons. The van der Waals surface area contributed by atoms with Gasteiger partial charge in [-0.05, 0) is 26.3 Å². The van der Waals surface area contributed by atoms with E-state index in [0.717, 1.165) is 15.8 Å². The molecule has 6 nitrogen and oxygen atoms in total. The highest BCUT2D eigenvalue weighted by Crippen LogP contribution is 2.32. The monoisotopic (exact) mass is 284 g/mol. The van der Waals surface area contributed by atoms with Crippen LogP contribution in [0.25, 0.3) is 16.0 Å². The molecule has 0 aromatic carbocycles. The van der Waals surface area contributed by atoms with E-state index in [-0.39, 0.29) is 0 Å². The molecule has 0 aliphatic carbocycles. The van der Waals surface area contributed by atoms with E-state index in [2.05, 4.69) is 21.1 Å². The van der Waals surface area contributed by atoms with Gasteiger partial charge in [0, 0.05) is 4.88 Å². The molecule has 0 saturated carbocycles. The molecule has 0 amide bonds. The van der Waals surface area contributed by atoms with Crippen LogP contribution in [0.1, 0.15) is 21.7 Å². The summed E-state index contributed by atoms with van der Waals surface area (Å²) in [6.07, 6.45) is 1.50. The Morgan fingerprint density at radius 2 is 2.05 bits per heavy atom. The van der Waals surface area contributed by atoms with Gasteiger partial charge in [0.05, 0.1) is 11.1 Å². The summed E-state index contributed by atoms with van der Waals surface area (Å²) in [5, 5.41) is 14.4. The molecule has 7 heteroatoms. The first-order valence-electron chi connectivity index (χ1n) is 6.00. The van der Waals surface area contributed by atoms with Gasteiger partial charge in [0.1, 0.15) is 28.6 Å². The van der Waals surface area contributed by atoms with Gasteiger partial charge in [-0.1, -0.05) is 0 Å². The standard InChI is InChI=1S/C13H12N6S/c1-6-8(3)20-13-10(6)12(16-5-17-13)19-11(15)9(4-14)7(2)18-19/h5H,15H2,1-3H3. The van der Waals surface area contributed by atoms with Crippen molar-refractivity contribution in [2.75, 3.05) is 5.73 Å². The van der Waals surface area contributed by atoms with Crippen LogP contribution in [-0.2, 0) is 0 Å². The maximum Gasteiger partial charge on any atom is 0.168 e. The maximum atomic E-state index is 9.12. The second kappa shape index (κ2) is 4.28. The normalized spacial score (nSPS) is 10.9. The van der Waals surface area contributed by atoms with Crippen LogP contribution in [0.4, 0.5) is 5.82 Å². The fraction of sp³-hybridized carbons (Fsp3) is 0.231. The molecule has 2 N–H and O–H groups in total. The van der Waals surface area contributed by atoms with E-state index in [9.17, 15) is 0 Å². The van der Waals surface area contributed by atoms with Gasteiger partial charge in [-0.15, -0.1) is 11.3 Å². The molecule has 0 bridgehead atoms. The zero-order valence-corrected chi connectivity index (χ0v) is 12.1. The van der Waals surface area contributed by atoms with E-state index < -0.39 is 0 Å². The quantitative estimate of drug-likeness (QED) is 0.739. The molecule has 0 aliphatic heterocycles. The third-order valence-electron chi connectivity index (χ3n) is 3.35. The van der Waals surface area contributed by atoms with Gasteiger partial charge in [-0.25, -0.2) is 9.97 Å². The highest BCUT2D eigenvalue weighted by molar-refractivity contribution is 7.18. The number of aromatic nitrogens is 4. The third-order valence-corrected chi connectivity index (χ3v) is 4.47. The summed E-state index contributed by atoms with van der Waals surface area (Å²) >= 11 is 1.61. The molecule has 0 aliphatic rings. The number of fused-ring (bicyclic) bond motifs is 1. The summed E-state index contributed by atoms with van der Waals surface area (Å²) in [6.45, 7) is 5.83. The van der Waals surface area contributed by atoms with Crippen molar-refractivity contribution in [1.29, 1.82) is 5.26 Å². The van der Waals surface area contributed by atoms with E-state index in [0.29, 0.717) is 22.9 Å². The molecular formula is C13H12N6S. The van der Waals surface area contributed by atoms with Crippen molar-refractivity contribution >= 4 is 27.4 Å². The van der Waals surface area contributed by atoms with Gasteiger partial charge in [-0.2, -0.15) is 15.0 Å². The molecule has 0 saturated heterocycles. The van der Waals surface area contributed by atoms with Crippen molar-refractivity contribution in [3.63, 3.8) is 0 Å².